The van der Waals surface area contributed by atoms with Crippen molar-refractivity contribution in [1.82, 2.24) is 4.72 Å². The van der Waals surface area contributed by atoms with E-state index in [2.05, 4.69) is 4.72 Å². The zero-order valence-corrected chi connectivity index (χ0v) is 18.3. The zero-order chi connectivity index (χ0) is 22.5. The van der Waals surface area contributed by atoms with E-state index in [0.717, 1.165) is 0 Å². The van der Waals surface area contributed by atoms with Gasteiger partial charge in [0.2, 0.25) is 15.8 Å². The van der Waals surface area contributed by atoms with Crippen LogP contribution in [0.15, 0.2) is 41.3 Å². The maximum atomic E-state index is 12.5. The fourth-order valence-electron chi connectivity index (χ4n) is 2.68. The third kappa shape index (κ3) is 5.58. The highest BCUT2D eigenvalue weighted by Gasteiger charge is 2.21. The smallest absolute Gasteiger partial charge is 0.338 e. The fourth-order valence-corrected chi connectivity index (χ4v) is 3.96. The number of methoxy groups -OCH3 is 2. The molecule has 0 heterocycles. The monoisotopic (exact) mass is 435 g/mol. The summed E-state index contributed by atoms with van der Waals surface area (Å²) in [5.74, 6) is -0.454. The molecule has 0 amide bonds. The van der Waals surface area contributed by atoms with Gasteiger partial charge in [-0.15, -0.1) is 0 Å². The topological polar surface area (TPSA) is 108 Å². The average Bonchev–Trinajstić information content (AvgIpc) is 2.70. The number of Topliss-reactive ketones (excluding diaryl/α,β-unsaturated/α-hetero) is 1. The molecule has 0 aliphatic carbocycles. The van der Waals surface area contributed by atoms with Gasteiger partial charge in [0, 0.05) is 12.1 Å². The van der Waals surface area contributed by atoms with Crippen LogP contribution >= 0.6 is 0 Å². The second-order valence-electron chi connectivity index (χ2n) is 6.82. The van der Waals surface area contributed by atoms with E-state index < -0.39 is 28.4 Å². The number of ether oxygens (including phenoxy) is 3. The quantitative estimate of drug-likeness (QED) is 0.477. The fraction of sp³-hybridized carbons (Fsp3) is 0.333. The molecule has 0 aliphatic rings. The van der Waals surface area contributed by atoms with E-state index in [1.54, 1.807) is 32.9 Å². The first-order valence-corrected chi connectivity index (χ1v) is 10.6. The van der Waals surface area contributed by atoms with Crippen molar-refractivity contribution in [3.8, 4) is 11.5 Å². The Balaban J connectivity index is 2.19. The van der Waals surface area contributed by atoms with Gasteiger partial charge in [-0.2, -0.15) is 0 Å². The van der Waals surface area contributed by atoms with Gasteiger partial charge in [0.1, 0.15) is 11.5 Å². The van der Waals surface area contributed by atoms with Gasteiger partial charge in [-0.05, 0) is 50.6 Å². The Morgan fingerprint density at radius 3 is 2.30 bits per heavy atom. The van der Waals surface area contributed by atoms with Crippen LogP contribution in [0.25, 0.3) is 0 Å². The summed E-state index contributed by atoms with van der Waals surface area (Å²) >= 11 is 0. The first-order valence-electron chi connectivity index (χ1n) is 9.14. The number of ketones is 1. The van der Waals surface area contributed by atoms with Gasteiger partial charge in [0.25, 0.3) is 0 Å². The molecule has 0 spiro atoms. The van der Waals surface area contributed by atoms with Crippen LogP contribution in [0.1, 0.15) is 40.1 Å². The Kier molecular flexibility index (Phi) is 7.58. The van der Waals surface area contributed by atoms with Crippen molar-refractivity contribution in [1.29, 1.82) is 0 Å². The van der Waals surface area contributed by atoms with E-state index >= 15 is 0 Å². The molecule has 0 saturated carbocycles. The van der Waals surface area contributed by atoms with Gasteiger partial charge < -0.3 is 14.2 Å². The van der Waals surface area contributed by atoms with Crippen molar-refractivity contribution < 1.29 is 32.2 Å². The predicted octanol–water partition coefficient (Wildman–Crippen LogP) is 2.74. The molecule has 30 heavy (non-hydrogen) atoms. The maximum absolute atomic E-state index is 12.5. The molecule has 0 unspecified atom stereocenters. The number of sulfonamides is 1. The molecule has 0 atom stereocenters. The second-order valence-corrected chi connectivity index (χ2v) is 8.53. The van der Waals surface area contributed by atoms with E-state index in [4.69, 9.17) is 14.2 Å². The van der Waals surface area contributed by atoms with Crippen molar-refractivity contribution in [2.24, 2.45) is 0 Å². The van der Waals surface area contributed by atoms with Gasteiger partial charge in [-0.1, -0.05) is 6.07 Å². The molecule has 2 aromatic rings. The van der Waals surface area contributed by atoms with Gasteiger partial charge in [-0.25, -0.2) is 17.9 Å². The Morgan fingerprint density at radius 1 is 1.00 bits per heavy atom. The summed E-state index contributed by atoms with van der Waals surface area (Å²) in [4.78, 5) is 24.9. The summed E-state index contributed by atoms with van der Waals surface area (Å²) in [7, 11) is -0.869. The highest BCUT2D eigenvalue weighted by molar-refractivity contribution is 7.89. The number of rotatable bonds is 9. The summed E-state index contributed by atoms with van der Waals surface area (Å²) in [6.07, 6.45) is 0. The number of esters is 1. The molecule has 0 bridgehead atoms. The molecule has 162 valence electrons. The van der Waals surface area contributed by atoms with Gasteiger partial charge in [0.05, 0.1) is 30.2 Å². The number of hydrogen-bond acceptors (Lipinski definition) is 7. The first-order chi connectivity index (χ1) is 14.1. The Bertz CT molecular complexity index is 1050. The van der Waals surface area contributed by atoms with Crippen molar-refractivity contribution in [3.05, 3.63) is 53.1 Å². The van der Waals surface area contributed by atoms with Crippen LogP contribution in [-0.4, -0.2) is 47.0 Å². The van der Waals surface area contributed by atoms with E-state index in [0.29, 0.717) is 17.1 Å². The van der Waals surface area contributed by atoms with Crippen molar-refractivity contribution in [3.63, 3.8) is 0 Å². The van der Waals surface area contributed by atoms with E-state index in [1.807, 2.05) is 0 Å². The lowest BCUT2D eigenvalue weighted by molar-refractivity contribution is 0.0473. The van der Waals surface area contributed by atoms with E-state index in [-0.39, 0.29) is 22.1 Å². The number of nitrogens with one attached hydrogen (secondary N) is 1. The third-order valence-corrected chi connectivity index (χ3v) is 5.83. The Labute approximate surface area is 176 Å². The lowest BCUT2D eigenvalue weighted by atomic mass is 10.1. The molecule has 1 N–H and O–H groups in total. The summed E-state index contributed by atoms with van der Waals surface area (Å²) < 4.78 is 42.6. The Morgan fingerprint density at radius 2 is 1.70 bits per heavy atom. The molecule has 0 fully saturated rings. The number of benzene rings is 2. The number of carbonyl (C=O) groups is 2. The molecular formula is C21H25NO7S. The van der Waals surface area contributed by atoms with Crippen molar-refractivity contribution in [2.75, 3.05) is 20.8 Å². The van der Waals surface area contributed by atoms with Crippen LogP contribution in [0.2, 0.25) is 0 Å². The standard InChI is InChI=1S/C21H25NO7S/c1-13(2)22-30(25,26)16-8-6-14(3)18(11-16)21(24)29-12-19(23)17-9-7-15(27-4)10-20(17)28-5/h6-11,13,22H,12H2,1-5H3. The average molecular weight is 435 g/mol. The minimum absolute atomic E-state index is 0.0584. The minimum Gasteiger partial charge on any atom is -0.497 e. The zero-order valence-electron chi connectivity index (χ0n) is 17.5. The largest absolute Gasteiger partial charge is 0.497 e. The molecule has 0 radical (unpaired) electrons. The second kappa shape index (κ2) is 9.73. The number of aryl methyl sites for hydroxylation is 1. The van der Waals surface area contributed by atoms with Crippen LogP contribution in [0, 0.1) is 6.92 Å². The molecule has 2 aromatic carbocycles. The lowest BCUT2D eigenvalue weighted by Gasteiger charge is -2.13. The highest BCUT2D eigenvalue weighted by Crippen LogP contribution is 2.25. The molecule has 0 aromatic heterocycles. The molecule has 0 saturated heterocycles. The van der Waals surface area contributed by atoms with Crippen LogP contribution < -0.4 is 14.2 Å². The first kappa shape index (κ1) is 23.4. The SMILES string of the molecule is COc1ccc(C(=O)COC(=O)c2cc(S(=O)(=O)NC(C)C)ccc2C)c(OC)c1. The summed E-state index contributed by atoms with van der Waals surface area (Å²) in [5, 5.41) is 0. The Hall–Kier alpha value is -2.91. The van der Waals surface area contributed by atoms with Crippen LogP contribution in [-0.2, 0) is 14.8 Å². The lowest BCUT2D eigenvalue weighted by Crippen LogP contribution is -2.30. The van der Waals surface area contributed by atoms with Crippen LogP contribution in [0.5, 0.6) is 11.5 Å². The summed E-state index contributed by atoms with van der Waals surface area (Å²) in [6, 6.07) is 8.52. The molecule has 0 aliphatic heterocycles. The minimum atomic E-state index is -3.78. The maximum Gasteiger partial charge on any atom is 0.338 e. The third-order valence-electron chi connectivity index (χ3n) is 4.17. The van der Waals surface area contributed by atoms with E-state index in [1.165, 1.54) is 38.5 Å². The molecular weight excluding hydrogens is 410 g/mol. The molecule has 2 rings (SSSR count). The van der Waals surface area contributed by atoms with Gasteiger partial charge in [-0.3, -0.25) is 4.79 Å². The number of hydrogen-bond donors (Lipinski definition) is 1. The van der Waals surface area contributed by atoms with Crippen LogP contribution in [0.4, 0.5) is 0 Å². The van der Waals surface area contributed by atoms with Crippen molar-refractivity contribution in [2.45, 2.75) is 31.7 Å². The summed E-state index contributed by atoms with van der Waals surface area (Å²) in [5.41, 5.74) is 0.828. The highest BCUT2D eigenvalue weighted by atomic mass is 32.2. The predicted molar refractivity (Wildman–Crippen MR) is 111 cm³/mol. The molecule has 9 heteroatoms. The van der Waals surface area contributed by atoms with Gasteiger partial charge >= 0.3 is 5.97 Å². The van der Waals surface area contributed by atoms with Gasteiger partial charge in [0.15, 0.2) is 6.61 Å². The summed E-state index contributed by atoms with van der Waals surface area (Å²) in [6.45, 7) is 4.51. The molecule has 8 nitrogen and oxygen atoms in total. The van der Waals surface area contributed by atoms with Crippen LogP contribution in [0.3, 0.4) is 0 Å². The number of carbonyl (C=O) groups excluding carboxylic acids is 2. The van der Waals surface area contributed by atoms with E-state index in [9.17, 15) is 18.0 Å². The van der Waals surface area contributed by atoms with Crippen molar-refractivity contribution >= 4 is 21.8 Å². The normalized spacial score (nSPS) is 11.3.